The van der Waals surface area contributed by atoms with Crippen LogP contribution in [0, 0.1) is 5.82 Å². The Kier molecular flexibility index (Phi) is 4.33. The lowest BCUT2D eigenvalue weighted by Crippen LogP contribution is -2.10. The van der Waals surface area contributed by atoms with Crippen molar-refractivity contribution in [3.8, 4) is 0 Å². The van der Waals surface area contributed by atoms with Crippen LogP contribution in [0.15, 0.2) is 22.9 Å². The monoisotopic (exact) mass is 342 g/mol. The lowest BCUT2D eigenvalue weighted by molar-refractivity contribution is 0.0695. The molecule has 6 nitrogen and oxygen atoms in total. The van der Waals surface area contributed by atoms with Gasteiger partial charge in [0.25, 0.3) is 0 Å². The molecule has 1 aromatic carbocycles. The number of anilines is 1. The molecule has 0 atom stereocenters. The minimum absolute atomic E-state index is 0.0614. The molecule has 20 heavy (non-hydrogen) atoms. The summed E-state index contributed by atoms with van der Waals surface area (Å²) < 4.78 is 15.7. The number of halogens is 2. The van der Waals surface area contributed by atoms with E-state index >= 15 is 0 Å². The number of hydrogen-bond acceptors (Lipinski definition) is 4. The normalized spacial score (nSPS) is 10.6. The molecule has 0 saturated heterocycles. The molecule has 0 amide bonds. The molecule has 0 fully saturated rings. The second-order valence-electron chi connectivity index (χ2n) is 4.13. The first kappa shape index (κ1) is 14.4. The molecule has 0 bridgehead atoms. The van der Waals surface area contributed by atoms with Crippen molar-refractivity contribution >= 4 is 27.6 Å². The lowest BCUT2D eigenvalue weighted by Gasteiger charge is -2.09. The number of carbonyl (C=O) groups is 1. The zero-order valence-corrected chi connectivity index (χ0v) is 12.2. The summed E-state index contributed by atoms with van der Waals surface area (Å²) in [6, 6.07) is 2.75. The number of aromatic carboxylic acids is 1. The van der Waals surface area contributed by atoms with Crippen LogP contribution in [0.5, 0.6) is 0 Å². The molecule has 0 aliphatic carbocycles. The molecule has 0 saturated carbocycles. The van der Waals surface area contributed by atoms with Crippen molar-refractivity contribution in [2.24, 2.45) is 7.05 Å². The van der Waals surface area contributed by atoms with Gasteiger partial charge in [0.2, 0.25) is 0 Å². The van der Waals surface area contributed by atoms with Gasteiger partial charge in [0, 0.05) is 20.0 Å². The van der Waals surface area contributed by atoms with Crippen molar-refractivity contribution in [1.29, 1.82) is 0 Å². The van der Waals surface area contributed by atoms with Crippen molar-refractivity contribution in [3.63, 3.8) is 0 Å². The molecule has 8 heteroatoms. The highest BCUT2D eigenvalue weighted by Gasteiger charge is 2.15. The fraction of sp³-hybridized carbons (Fsp3) is 0.250. The molecule has 1 heterocycles. The van der Waals surface area contributed by atoms with E-state index in [1.807, 2.05) is 7.05 Å². The predicted octanol–water partition coefficient (Wildman–Crippen LogP) is 2.07. The molecule has 0 radical (unpaired) electrons. The summed E-state index contributed by atoms with van der Waals surface area (Å²) in [5, 5.41) is 19.4. The average molecular weight is 343 g/mol. The van der Waals surface area contributed by atoms with Gasteiger partial charge in [-0.3, -0.25) is 0 Å². The van der Waals surface area contributed by atoms with E-state index < -0.39 is 11.8 Å². The number of carboxylic acids is 1. The number of carboxylic acid groups (broad SMARTS) is 1. The highest BCUT2D eigenvalue weighted by Crippen LogP contribution is 2.27. The van der Waals surface area contributed by atoms with Crippen molar-refractivity contribution in [1.82, 2.24) is 14.8 Å². The summed E-state index contributed by atoms with van der Waals surface area (Å²) in [5.41, 5.74) is 0.130. The Balaban J connectivity index is 2.05. The van der Waals surface area contributed by atoms with Crippen LogP contribution in [0.4, 0.5) is 10.1 Å². The van der Waals surface area contributed by atoms with Gasteiger partial charge in [0.05, 0.1) is 15.7 Å². The number of aryl methyl sites for hydroxylation is 1. The van der Waals surface area contributed by atoms with Gasteiger partial charge in [-0.2, -0.15) is 0 Å². The second kappa shape index (κ2) is 6.00. The van der Waals surface area contributed by atoms with Crippen molar-refractivity contribution in [2.45, 2.75) is 6.42 Å². The summed E-state index contributed by atoms with van der Waals surface area (Å²) in [6.07, 6.45) is 2.17. The SMILES string of the molecule is Cn1cnnc1CCNc1ccc(C(=O)O)c(Br)c1F. The Bertz CT molecular complexity index is 644. The number of aromatic nitrogens is 3. The molecule has 0 aliphatic heterocycles. The van der Waals surface area contributed by atoms with E-state index in [4.69, 9.17) is 5.11 Å². The molecule has 0 unspecified atom stereocenters. The minimum Gasteiger partial charge on any atom is -0.478 e. The van der Waals surface area contributed by atoms with Gasteiger partial charge in [0.15, 0.2) is 5.82 Å². The van der Waals surface area contributed by atoms with Crippen LogP contribution in [0.1, 0.15) is 16.2 Å². The third-order valence-corrected chi connectivity index (χ3v) is 3.56. The molecule has 2 aromatic rings. The Morgan fingerprint density at radius 1 is 1.55 bits per heavy atom. The summed E-state index contributed by atoms with van der Waals surface area (Å²) >= 11 is 2.95. The standard InChI is InChI=1S/C12H12BrFN4O2/c1-18-6-16-17-9(18)4-5-15-8-3-2-7(12(19)20)10(13)11(8)14/h2-3,6,15H,4-5H2,1H3,(H,19,20). The van der Waals surface area contributed by atoms with E-state index in [2.05, 4.69) is 31.4 Å². The summed E-state index contributed by atoms with van der Waals surface area (Å²) in [5.74, 6) is -1.02. The van der Waals surface area contributed by atoms with Crippen molar-refractivity contribution in [3.05, 3.63) is 40.1 Å². The molecule has 2 rings (SSSR count). The van der Waals surface area contributed by atoms with Crippen LogP contribution in [-0.2, 0) is 13.5 Å². The maximum absolute atomic E-state index is 14.0. The fourth-order valence-corrected chi connectivity index (χ4v) is 2.21. The van der Waals surface area contributed by atoms with Crippen LogP contribution in [0.2, 0.25) is 0 Å². The Hall–Kier alpha value is -1.96. The maximum Gasteiger partial charge on any atom is 0.336 e. The lowest BCUT2D eigenvalue weighted by atomic mass is 10.2. The van der Waals surface area contributed by atoms with Crippen LogP contribution < -0.4 is 5.32 Å². The highest BCUT2D eigenvalue weighted by molar-refractivity contribution is 9.10. The number of benzene rings is 1. The van der Waals surface area contributed by atoms with Crippen molar-refractivity contribution in [2.75, 3.05) is 11.9 Å². The zero-order chi connectivity index (χ0) is 14.7. The van der Waals surface area contributed by atoms with E-state index in [-0.39, 0.29) is 15.7 Å². The van der Waals surface area contributed by atoms with Gasteiger partial charge < -0.3 is 15.0 Å². The van der Waals surface area contributed by atoms with Gasteiger partial charge in [-0.1, -0.05) is 0 Å². The molecule has 1 aromatic heterocycles. The van der Waals surface area contributed by atoms with Gasteiger partial charge in [0.1, 0.15) is 12.2 Å². The first-order valence-corrected chi connectivity index (χ1v) is 6.58. The van der Waals surface area contributed by atoms with Crippen LogP contribution >= 0.6 is 15.9 Å². The first-order valence-electron chi connectivity index (χ1n) is 5.78. The highest BCUT2D eigenvalue weighted by atomic mass is 79.9. The van der Waals surface area contributed by atoms with Gasteiger partial charge >= 0.3 is 5.97 Å². The van der Waals surface area contributed by atoms with Crippen LogP contribution in [0.3, 0.4) is 0 Å². The molecular weight excluding hydrogens is 331 g/mol. The van der Waals surface area contributed by atoms with Gasteiger partial charge in [-0.15, -0.1) is 10.2 Å². The topological polar surface area (TPSA) is 80.0 Å². The summed E-state index contributed by atoms with van der Waals surface area (Å²) in [7, 11) is 1.83. The smallest absolute Gasteiger partial charge is 0.336 e. The average Bonchev–Trinajstić information content (AvgIpc) is 2.80. The van der Waals surface area contributed by atoms with Crippen LogP contribution in [-0.4, -0.2) is 32.4 Å². The van der Waals surface area contributed by atoms with Gasteiger partial charge in [-0.05, 0) is 28.1 Å². The molecular formula is C12H12BrFN4O2. The third-order valence-electron chi connectivity index (χ3n) is 2.78. The van der Waals surface area contributed by atoms with Gasteiger partial charge in [-0.25, -0.2) is 9.18 Å². The van der Waals surface area contributed by atoms with E-state index in [0.717, 1.165) is 5.82 Å². The molecule has 0 spiro atoms. The third kappa shape index (κ3) is 2.96. The van der Waals surface area contributed by atoms with E-state index in [0.29, 0.717) is 13.0 Å². The number of nitrogens with zero attached hydrogens (tertiary/aromatic N) is 3. The van der Waals surface area contributed by atoms with E-state index in [9.17, 15) is 9.18 Å². The predicted molar refractivity (Wildman–Crippen MR) is 74.3 cm³/mol. The number of rotatable bonds is 5. The maximum atomic E-state index is 14.0. The summed E-state index contributed by atoms with van der Waals surface area (Å²) in [4.78, 5) is 10.9. The fourth-order valence-electron chi connectivity index (χ4n) is 1.69. The van der Waals surface area contributed by atoms with E-state index in [1.54, 1.807) is 10.9 Å². The number of nitrogens with one attached hydrogen (secondary N) is 1. The molecule has 106 valence electrons. The van der Waals surface area contributed by atoms with Crippen molar-refractivity contribution < 1.29 is 14.3 Å². The minimum atomic E-state index is -1.18. The zero-order valence-electron chi connectivity index (χ0n) is 10.6. The van der Waals surface area contributed by atoms with E-state index in [1.165, 1.54) is 12.1 Å². The molecule has 0 aliphatic rings. The second-order valence-corrected chi connectivity index (χ2v) is 4.92. The molecule has 2 N–H and O–H groups in total. The summed E-state index contributed by atoms with van der Waals surface area (Å²) in [6.45, 7) is 0.461. The van der Waals surface area contributed by atoms with Crippen LogP contribution in [0.25, 0.3) is 0 Å². The Labute approximate surface area is 122 Å². The Morgan fingerprint density at radius 2 is 2.30 bits per heavy atom. The Morgan fingerprint density at radius 3 is 2.90 bits per heavy atom. The number of hydrogen-bond donors (Lipinski definition) is 2. The first-order chi connectivity index (χ1) is 9.50. The largest absolute Gasteiger partial charge is 0.478 e. The quantitative estimate of drug-likeness (QED) is 0.869.